The third-order valence-electron chi connectivity index (χ3n) is 4.40. The summed E-state index contributed by atoms with van der Waals surface area (Å²) in [7, 11) is 0. The molecule has 0 saturated carbocycles. The number of morpholine rings is 1. The predicted molar refractivity (Wildman–Crippen MR) is 68.4 cm³/mol. The first-order valence-corrected chi connectivity index (χ1v) is 7.18. The first-order valence-electron chi connectivity index (χ1n) is 7.18. The molecule has 1 amide bonds. The number of hydrogen-bond acceptors (Lipinski definition) is 4. The van der Waals surface area contributed by atoms with E-state index in [1.54, 1.807) is 0 Å². The minimum Gasteiger partial charge on any atom is -0.379 e. The highest BCUT2D eigenvalue weighted by Gasteiger charge is 2.34. The highest BCUT2D eigenvalue weighted by Crippen LogP contribution is 2.19. The second-order valence-corrected chi connectivity index (χ2v) is 5.52. The van der Waals surface area contributed by atoms with Gasteiger partial charge in [-0.3, -0.25) is 9.69 Å². The zero-order valence-electron chi connectivity index (χ0n) is 10.9. The maximum absolute atomic E-state index is 12.3. The Morgan fingerprint density at radius 3 is 2.72 bits per heavy atom. The Hall–Kier alpha value is -0.650. The van der Waals surface area contributed by atoms with Crippen LogP contribution in [0, 0.1) is 0 Å². The number of rotatable bonds is 2. The number of carbonyl (C=O) groups excluding carboxylic acids is 1. The summed E-state index contributed by atoms with van der Waals surface area (Å²) in [5, 5.41) is 3.30. The van der Waals surface area contributed by atoms with Gasteiger partial charge < -0.3 is 15.0 Å². The van der Waals surface area contributed by atoms with Crippen LogP contribution in [0.2, 0.25) is 0 Å². The third-order valence-corrected chi connectivity index (χ3v) is 4.40. The fourth-order valence-electron chi connectivity index (χ4n) is 3.30. The molecule has 3 heterocycles. The highest BCUT2D eigenvalue weighted by atomic mass is 16.5. The minimum atomic E-state index is 0.0911. The van der Waals surface area contributed by atoms with Crippen LogP contribution in [0.3, 0.4) is 0 Å². The van der Waals surface area contributed by atoms with E-state index in [0.717, 1.165) is 65.2 Å². The Morgan fingerprint density at radius 1 is 1.17 bits per heavy atom. The van der Waals surface area contributed by atoms with Crippen LogP contribution in [0.25, 0.3) is 0 Å². The first kappa shape index (κ1) is 12.4. The number of carbonyl (C=O) groups is 1. The van der Waals surface area contributed by atoms with Crippen molar-refractivity contribution in [3.63, 3.8) is 0 Å². The summed E-state index contributed by atoms with van der Waals surface area (Å²) in [5.41, 5.74) is 0. The lowest BCUT2D eigenvalue weighted by molar-refractivity contribution is -0.132. The summed E-state index contributed by atoms with van der Waals surface area (Å²) in [6.45, 7) is 6.57. The zero-order chi connectivity index (χ0) is 12.4. The first-order chi connectivity index (χ1) is 8.84. The molecule has 2 atom stereocenters. The van der Waals surface area contributed by atoms with Crippen LogP contribution in [-0.4, -0.2) is 73.7 Å². The maximum Gasteiger partial charge on any atom is 0.239 e. The van der Waals surface area contributed by atoms with E-state index in [1.165, 1.54) is 0 Å². The van der Waals surface area contributed by atoms with Crippen molar-refractivity contribution in [2.75, 3.05) is 45.9 Å². The highest BCUT2D eigenvalue weighted by molar-refractivity contribution is 5.82. The van der Waals surface area contributed by atoms with Gasteiger partial charge in [0.2, 0.25) is 5.91 Å². The molecule has 1 N–H and O–H groups in total. The molecule has 3 saturated heterocycles. The topological polar surface area (TPSA) is 44.8 Å². The van der Waals surface area contributed by atoms with Gasteiger partial charge in [0.1, 0.15) is 0 Å². The summed E-state index contributed by atoms with van der Waals surface area (Å²) in [4.78, 5) is 16.8. The molecule has 0 aromatic heterocycles. The Morgan fingerprint density at radius 2 is 2.00 bits per heavy atom. The molecule has 0 aliphatic carbocycles. The monoisotopic (exact) mass is 253 g/mol. The SMILES string of the molecule is O=C([C@@H]1CCCN1)N1CCC(N2CCOCC2)C1. The lowest BCUT2D eigenvalue weighted by Crippen LogP contribution is -2.47. The van der Waals surface area contributed by atoms with Gasteiger partial charge in [0.05, 0.1) is 19.3 Å². The quantitative estimate of drug-likeness (QED) is 0.732. The average Bonchev–Trinajstić information content (AvgIpc) is 3.10. The van der Waals surface area contributed by atoms with Crippen molar-refractivity contribution in [2.45, 2.75) is 31.3 Å². The van der Waals surface area contributed by atoms with Gasteiger partial charge in [0, 0.05) is 32.2 Å². The van der Waals surface area contributed by atoms with Crippen LogP contribution >= 0.6 is 0 Å². The van der Waals surface area contributed by atoms with E-state index in [1.807, 2.05) is 0 Å². The number of ether oxygens (including phenoxy) is 1. The molecule has 0 aromatic rings. The Labute approximate surface area is 108 Å². The average molecular weight is 253 g/mol. The molecule has 1 unspecified atom stereocenters. The van der Waals surface area contributed by atoms with Crippen molar-refractivity contribution in [3.05, 3.63) is 0 Å². The van der Waals surface area contributed by atoms with Gasteiger partial charge in [-0.15, -0.1) is 0 Å². The summed E-state index contributed by atoms with van der Waals surface area (Å²) < 4.78 is 5.38. The predicted octanol–water partition coefficient (Wildman–Crippen LogP) is -0.328. The van der Waals surface area contributed by atoms with E-state index >= 15 is 0 Å². The second-order valence-electron chi connectivity index (χ2n) is 5.52. The largest absolute Gasteiger partial charge is 0.379 e. The molecule has 18 heavy (non-hydrogen) atoms. The molecular formula is C13H23N3O2. The van der Waals surface area contributed by atoms with Gasteiger partial charge in [-0.1, -0.05) is 0 Å². The number of amides is 1. The molecule has 5 heteroatoms. The maximum atomic E-state index is 12.3. The second kappa shape index (κ2) is 5.55. The normalized spacial score (nSPS) is 34.1. The molecule has 3 aliphatic heterocycles. The van der Waals surface area contributed by atoms with Crippen molar-refractivity contribution in [1.29, 1.82) is 0 Å². The number of nitrogens with one attached hydrogen (secondary N) is 1. The van der Waals surface area contributed by atoms with Gasteiger partial charge in [-0.2, -0.15) is 0 Å². The smallest absolute Gasteiger partial charge is 0.239 e. The van der Waals surface area contributed by atoms with Crippen LogP contribution < -0.4 is 5.32 Å². The van der Waals surface area contributed by atoms with E-state index in [0.29, 0.717) is 11.9 Å². The number of hydrogen-bond donors (Lipinski definition) is 1. The van der Waals surface area contributed by atoms with Gasteiger partial charge in [-0.25, -0.2) is 0 Å². The lowest BCUT2D eigenvalue weighted by atomic mass is 10.2. The molecule has 0 spiro atoms. The van der Waals surface area contributed by atoms with Crippen molar-refractivity contribution in [1.82, 2.24) is 15.1 Å². The summed E-state index contributed by atoms with van der Waals surface area (Å²) in [6.07, 6.45) is 3.27. The summed E-state index contributed by atoms with van der Waals surface area (Å²) >= 11 is 0. The van der Waals surface area contributed by atoms with Gasteiger partial charge in [0.25, 0.3) is 0 Å². The lowest BCUT2D eigenvalue weighted by Gasteiger charge is -2.32. The Kier molecular flexibility index (Phi) is 3.82. The molecular weight excluding hydrogens is 230 g/mol. The van der Waals surface area contributed by atoms with Gasteiger partial charge >= 0.3 is 0 Å². The van der Waals surface area contributed by atoms with E-state index < -0.39 is 0 Å². The van der Waals surface area contributed by atoms with Crippen LogP contribution in [0.1, 0.15) is 19.3 Å². The van der Waals surface area contributed by atoms with Crippen molar-refractivity contribution in [3.8, 4) is 0 Å². The molecule has 0 radical (unpaired) electrons. The van der Waals surface area contributed by atoms with E-state index in [9.17, 15) is 4.79 Å². The van der Waals surface area contributed by atoms with E-state index in [4.69, 9.17) is 4.74 Å². The minimum absolute atomic E-state index is 0.0911. The molecule has 0 aromatic carbocycles. The molecule has 3 fully saturated rings. The Balaban J connectivity index is 1.52. The van der Waals surface area contributed by atoms with Crippen molar-refractivity contribution >= 4 is 5.91 Å². The molecule has 102 valence electrons. The van der Waals surface area contributed by atoms with Crippen molar-refractivity contribution < 1.29 is 9.53 Å². The fraction of sp³-hybridized carbons (Fsp3) is 0.923. The summed E-state index contributed by atoms with van der Waals surface area (Å²) in [6, 6.07) is 0.646. The molecule has 5 nitrogen and oxygen atoms in total. The van der Waals surface area contributed by atoms with Crippen molar-refractivity contribution in [2.24, 2.45) is 0 Å². The standard InChI is InChI=1S/C13H23N3O2/c17-13(12-2-1-4-14-12)16-5-3-11(10-16)15-6-8-18-9-7-15/h11-12,14H,1-10H2/t11?,12-/m0/s1. The zero-order valence-corrected chi connectivity index (χ0v) is 10.9. The van der Waals surface area contributed by atoms with Crippen LogP contribution in [0.15, 0.2) is 0 Å². The number of likely N-dealkylation sites (tertiary alicyclic amines) is 1. The van der Waals surface area contributed by atoms with Crippen LogP contribution in [0.4, 0.5) is 0 Å². The molecule has 3 aliphatic rings. The fourth-order valence-corrected chi connectivity index (χ4v) is 3.30. The Bertz CT molecular complexity index is 299. The molecule has 0 bridgehead atoms. The van der Waals surface area contributed by atoms with E-state index in [2.05, 4.69) is 15.1 Å². The molecule has 3 rings (SSSR count). The van der Waals surface area contributed by atoms with Crippen LogP contribution in [0.5, 0.6) is 0 Å². The summed E-state index contributed by atoms with van der Waals surface area (Å²) in [5.74, 6) is 0.322. The third kappa shape index (κ3) is 2.53. The number of nitrogens with zero attached hydrogens (tertiary/aromatic N) is 2. The van der Waals surface area contributed by atoms with E-state index in [-0.39, 0.29) is 6.04 Å². The van der Waals surface area contributed by atoms with Gasteiger partial charge in [0.15, 0.2) is 0 Å². The van der Waals surface area contributed by atoms with Crippen LogP contribution in [-0.2, 0) is 9.53 Å². The van der Waals surface area contributed by atoms with Gasteiger partial charge in [-0.05, 0) is 25.8 Å².